The number of rotatable bonds is 6. The van der Waals surface area contributed by atoms with E-state index in [4.69, 9.17) is 4.74 Å². The van der Waals surface area contributed by atoms with Gasteiger partial charge < -0.3 is 19.9 Å². The van der Waals surface area contributed by atoms with Crippen LogP contribution in [0.5, 0.6) is 0 Å². The van der Waals surface area contributed by atoms with Crippen molar-refractivity contribution in [2.75, 3.05) is 38.2 Å². The van der Waals surface area contributed by atoms with E-state index in [-0.39, 0.29) is 11.9 Å². The number of piperidine rings is 1. The molecule has 2 fully saturated rings. The summed E-state index contributed by atoms with van der Waals surface area (Å²) in [6, 6.07) is 7.15. The van der Waals surface area contributed by atoms with Crippen molar-refractivity contribution in [2.45, 2.75) is 31.7 Å². The van der Waals surface area contributed by atoms with Gasteiger partial charge in [-0.15, -0.1) is 0 Å². The molecule has 0 aliphatic carbocycles. The number of benzene rings is 1. The fourth-order valence-corrected chi connectivity index (χ4v) is 3.98. The molecule has 0 aromatic heterocycles. The van der Waals surface area contributed by atoms with Crippen LogP contribution in [-0.4, -0.2) is 62.5 Å². The Labute approximate surface area is 159 Å². The van der Waals surface area contributed by atoms with Crippen molar-refractivity contribution in [2.24, 2.45) is 5.92 Å². The number of amides is 2. The van der Waals surface area contributed by atoms with Gasteiger partial charge >= 0.3 is 5.97 Å². The molecule has 2 heterocycles. The Morgan fingerprint density at radius 1 is 1.15 bits per heavy atom. The number of nitrogens with one attached hydrogen (secondary N) is 1. The molecule has 27 heavy (non-hydrogen) atoms. The topological polar surface area (TPSA) is 79.0 Å². The summed E-state index contributed by atoms with van der Waals surface area (Å²) >= 11 is 0. The van der Waals surface area contributed by atoms with Crippen molar-refractivity contribution in [1.29, 1.82) is 0 Å². The average Bonchev–Trinajstić information content (AvgIpc) is 3.21. The first-order valence-electron chi connectivity index (χ1n) is 9.55. The van der Waals surface area contributed by atoms with E-state index >= 15 is 0 Å². The molecule has 7 nitrogen and oxygen atoms in total. The lowest BCUT2D eigenvalue weighted by Crippen LogP contribution is -2.41. The van der Waals surface area contributed by atoms with Crippen molar-refractivity contribution >= 4 is 24.0 Å². The maximum Gasteiger partial charge on any atom is 0.328 e. The number of hydrogen-bond acceptors (Lipinski definition) is 5. The van der Waals surface area contributed by atoms with Crippen LogP contribution >= 0.6 is 0 Å². The lowest BCUT2D eigenvalue weighted by atomic mass is 9.96. The van der Waals surface area contributed by atoms with Gasteiger partial charge in [0.25, 0.3) is 5.91 Å². The fraction of sp³-hybridized carbons (Fsp3) is 0.550. The molecule has 1 aromatic carbocycles. The zero-order valence-electron chi connectivity index (χ0n) is 15.7. The molecular formula is C20H27N3O4. The third kappa shape index (κ3) is 4.40. The summed E-state index contributed by atoms with van der Waals surface area (Å²) in [5, 5.41) is 2.76. The highest BCUT2D eigenvalue weighted by Gasteiger charge is 2.35. The lowest BCUT2D eigenvalue weighted by molar-refractivity contribution is -0.145. The van der Waals surface area contributed by atoms with Crippen LogP contribution in [-0.2, 0) is 14.3 Å². The molecule has 146 valence electrons. The van der Waals surface area contributed by atoms with Gasteiger partial charge in [0, 0.05) is 37.4 Å². The molecule has 0 spiro atoms. The molecule has 0 radical (unpaired) electrons. The summed E-state index contributed by atoms with van der Waals surface area (Å²) in [5.41, 5.74) is 1.69. The van der Waals surface area contributed by atoms with Gasteiger partial charge in [0.05, 0.1) is 7.11 Å². The molecule has 2 aliphatic rings. The zero-order valence-corrected chi connectivity index (χ0v) is 15.7. The van der Waals surface area contributed by atoms with Crippen molar-refractivity contribution in [1.82, 2.24) is 10.2 Å². The second kappa shape index (κ2) is 8.88. The van der Waals surface area contributed by atoms with Crippen LogP contribution in [0.2, 0.25) is 0 Å². The predicted octanol–water partition coefficient (Wildman–Crippen LogP) is 1.43. The summed E-state index contributed by atoms with van der Waals surface area (Å²) in [7, 11) is 1.36. The smallest absolute Gasteiger partial charge is 0.328 e. The van der Waals surface area contributed by atoms with Gasteiger partial charge in [-0.3, -0.25) is 9.59 Å². The molecule has 3 rings (SSSR count). The summed E-state index contributed by atoms with van der Waals surface area (Å²) < 4.78 is 4.82. The number of esters is 1. The summed E-state index contributed by atoms with van der Waals surface area (Å²) in [5.74, 6) is 0.0650. The van der Waals surface area contributed by atoms with Gasteiger partial charge in [-0.05, 0) is 55.9 Å². The number of carbonyl (C=O) groups is 3. The quantitative estimate of drug-likeness (QED) is 0.603. The minimum Gasteiger partial charge on any atom is -0.467 e. The van der Waals surface area contributed by atoms with Crippen LogP contribution in [0.1, 0.15) is 36.0 Å². The largest absolute Gasteiger partial charge is 0.467 e. The fourth-order valence-electron chi connectivity index (χ4n) is 3.98. The van der Waals surface area contributed by atoms with Crippen LogP contribution in [0.25, 0.3) is 0 Å². The molecule has 2 amide bonds. The van der Waals surface area contributed by atoms with Crippen LogP contribution in [0.3, 0.4) is 0 Å². The van der Waals surface area contributed by atoms with E-state index in [1.54, 1.807) is 4.90 Å². The van der Waals surface area contributed by atoms with Crippen molar-refractivity contribution in [3.63, 3.8) is 0 Å². The number of methoxy groups -OCH3 is 1. The summed E-state index contributed by atoms with van der Waals surface area (Å²) in [4.78, 5) is 39.0. The molecule has 0 saturated carbocycles. The Balaban J connectivity index is 1.60. The monoisotopic (exact) mass is 373 g/mol. The van der Waals surface area contributed by atoms with Gasteiger partial charge in [-0.1, -0.05) is 0 Å². The first kappa shape index (κ1) is 19.2. The van der Waals surface area contributed by atoms with Gasteiger partial charge in [0.2, 0.25) is 6.41 Å². The van der Waals surface area contributed by atoms with E-state index in [0.717, 1.165) is 51.0 Å². The van der Waals surface area contributed by atoms with Crippen molar-refractivity contribution in [3.05, 3.63) is 29.8 Å². The molecule has 2 saturated heterocycles. The minimum atomic E-state index is -0.471. The van der Waals surface area contributed by atoms with Gasteiger partial charge in [0.1, 0.15) is 6.04 Å². The van der Waals surface area contributed by atoms with Crippen molar-refractivity contribution in [3.8, 4) is 0 Å². The molecule has 0 bridgehead atoms. The molecule has 1 atom stereocenters. The molecule has 1 aromatic rings. The Morgan fingerprint density at radius 2 is 1.85 bits per heavy atom. The standard InChI is InChI=1S/C20H27N3O4/c1-27-20(26)18-3-2-10-23(18)19(25)16-4-6-17(7-5-16)22-11-8-15(9-12-22)13-21-14-24/h4-7,14-15,18H,2-3,8-13H2,1H3,(H,21,24)/t18-/m0/s1. The molecule has 1 N–H and O–H groups in total. The third-order valence-electron chi connectivity index (χ3n) is 5.57. The maximum atomic E-state index is 12.8. The van der Waals surface area contributed by atoms with E-state index < -0.39 is 6.04 Å². The highest BCUT2D eigenvalue weighted by Crippen LogP contribution is 2.25. The first-order chi connectivity index (χ1) is 13.1. The summed E-state index contributed by atoms with van der Waals surface area (Å²) in [6.45, 7) is 3.20. The number of anilines is 1. The number of carbonyl (C=O) groups excluding carboxylic acids is 3. The Hall–Kier alpha value is -2.57. The number of nitrogens with zero attached hydrogens (tertiary/aromatic N) is 2. The van der Waals surface area contributed by atoms with E-state index in [0.29, 0.717) is 24.4 Å². The highest BCUT2D eigenvalue weighted by molar-refractivity contribution is 5.97. The maximum absolute atomic E-state index is 12.8. The van der Waals surface area contributed by atoms with Gasteiger partial charge in [0.15, 0.2) is 0 Å². The second-order valence-electron chi connectivity index (χ2n) is 7.18. The third-order valence-corrected chi connectivity index (χ3v) is 5.57. The molecule has 0 unspecified atom stereocenters. The number of ether oxygens (including phenoxy) is 1. The Bertz CT molecular complexity index is 668. The van der Waals surface area contributed by atoms with E-state index in [1.807, 2.05) is 24.3 Å². The molecular weight excluding hydrogens is 346 g/mol. The first-order valence-corrected chi connectivity index (χ1v) is 9.55. The minimum absolute atomic E-state index is 0.118. The van der Waals surface area contributed by atoms with Gasteiger partial charge in [-0.2, -0.15) is 0 Å². The Morgan fingerprint density at radius 3 is 2.48 bits per heavy atom. The predicted molar refractivity (Wildman–Crippen MR) is 102 cm³/mol. The summed E-state index contributed by atoms with van der Waals surface area (Å²) in [6.07, 6.45) is 4.31. The normalized spacial score (nSPS) is 20.4. The average molecular weight is 373 g/mol. The van der Waals surface area contributed by atoms with E-state index in [2.05, 4.69) is 10.2 Å². The zero-order chi connectivity index (χ0) is 19.2. The lowest BCUT2D eigenvalue weighted by Gasteiger charge is -2.33. The van der Waals surface area contributed by atoms with Gasteiger partial charge in [-0.25, -0.2) is 4.79 Å². The van der Waals surface area contributed by atoms with E-state index in [9.17, 15) is 14.4 Å². The SMILES string of the molecule is COC(=O)[C@@H]1CCCN1C(=O)c1ccc(N2CCC(CNC=O)CC2)cc1. The van der Waals surface area contributed by atoms with Crippen LogP contribution in [0.4, 0.5) is 5.69 Å². The van der Waals surface area contributed by atoms with Crippen LogP contribution in [0, 0.1) is 5.92 Å². The number of hydrogen-bond donors (Lipinski definition) is 1. The molecule has 2 aliphatic heterocycles. The van der Waals surface area contributed by atoms with E-state index in [1.165, 1.54) is 7.11 Å². The van der Waals surface area contributed by atoms with Crippen molar-refractivity contribution < 1.29 is 19.1 Å². The van der Waals surface area contributed by atoms with Crippen LogP contribution in [0.15, 0.2) is 24.3 Å². The number of likely N-dealkylation sites (tertiary alicyclic amines) is 1. The van der Waals surface area contributed by atoms with Crippen LogP contribution < -0.4 is 10.2 Å². The second-order valence-corrected chi connectivity index (χ2v) is 7.18. The Kier molecular flexibility index (Phi) is 6.32. The highest BCUT2D eigenvalue weighted by atomic mass is 16.5. The molecule has 7 heteroatoms.